The summed E-state index contributed by atoms with van der Waals surface area (Å²) in [6.07, 6.45) is -17.8. The minimum Gasteiger partial charge on any atom is -0.479 e. The Balaban J connectivity index is 1.21. The number of carboxylic acid groups (broad SMARTS) is 1. The quantitative estimate of drug-likeness (QED) is 0.0349. The Hall–Kier alpha value is -3.05. The molecule has 23 nitrogen and oxygen atoms in total. The van der Waals surface area contributed by atoms with Gasteiger partial charge < -0.3 is 99.2 Å². The number of aliphatic hydroxyl groups excluding tert-OH is 11. The minimum atomic E-state index is -2.16. The smallest absolute Gasteiger partial charge is 0.335 e. The molecule has 2 aliphatic heterocycles. The molecule has 5 aliphatic carbocycles. The van der Waals surface area contributed by atoms with E-state index in [2.05, 4.69) is 26.8 Å². The highest BCUT2D eigenvalue weighted by molar-refractivity contribution is 5.89. The van der Waals surface area contributed by atoms with E-state index < -0.39 is 194 Å². The average molecular weight is 1160 g/mol. The first-order valence-corrected chi connectivity index (χ1v) is 28.6. The first-order valence-electron chi connectivity index (χ1n) is 28.6. The largest absolute Gasteiger partial charge is 0.479 e. The third-order valence-corrected chi connectivity index (χ3v) is 21.1. The molecule has 25 atom stereocenters. The summed E-state index contributed by atoms with van der Waals surface area (Å²) in [7, 11) is 0. The summed E-state index contributed by atoms with van der Waals surface area (Å²) < 4.78 is 48.1. The van der Waals surface area contributed by atoms with E-state index in [-0.39, 0.29) is 24.7 Å². The van der Waals surface area contributed by atoms with E-state index in [4.69, 9.17) is 37.9 Å². The van der Waals surface area contributed by atoms with Crippen molar-refractivity contribution in [1.29, 1.82) is 0 Å². The third-order valence-electron chi connectivity index (χ3n) is 21.1. The van der Waals surface area contributed by atoms with Gasteiger partial charge in [0.15, 0.2) is 31.1 Å². The number of rotatable bonds is 20. The second kappa shape index (κ2) is 24.7. The summed E-state index contributed by atoms with van der Waals surface area (Å²) in [4.78, 5) is 40.4. The van der Waals surface area contributed by atoms with Crippen molar-refractivity contribution in [3.05, 3.63) is 34.9 Å². The molecule has 6 fully saturated rings. The average Bonchev–Trinajstić information content (AvgIpc) is 3.88. The first kappa shape index (κ1) is 65.5. The standard InChI is InChI=1S/C58H92O23/c1-12-27(3)48(72)80-45-46(81-49(73)28(4)13-2)58(26-62)31(20-53(45,6)7)30-14-15-36-54(8)18-17-38(55(9,25-61)35(54)16-19-56(36,10)57(30,11)21-37(58)64)78-50(29(5)75-52-43(69)41(67)39(65)33(22-59)77-52)79-44(47(70)71)32(63)24-74-51-42(68)40(66)34(23-60)76-51/h12-14,29,31-46,50-52,59-69H,15-26H2,1-11H3,(H,70,71)/b27-12-,28-13-/t29-,31?,32-,33?,34-,35?,36?,37+,38-,39+,40?,41?,42-,43-,44?,45-,46-,50+,51+,52+,54-,55+,56+,57+,58-/m0/s1. The van der Waals surface area contributed by atoms with E-state index in [1.54, 1.807) is 39.8 Å². The lowest BCUT2D eigenvalue weighted by Gasteiger charge is -2.72. The predicted octanol–water partition coefficient (Wildman–Crippen LogP) is 0.902. The molecule has 0 aromatic heterocycles. The van der Waals surface area contributed by atoms with Gasteiger partial charge in [-0.2, -0.15) is 0 Å². The Kier molecular flexibility index (Phi) is 20.0. The molecule has 0 spiro atoms. The van der Waals surface area contributed by atoms with E-state index >= 15 is 0 Å². The topological polar surface area (TPSA) is 368 Å². The molecule has 7 rings (SSSR count). The maximum atomic E-state index is 13.8. The number of allylic oxidation sites excluding steroid dienone is 4. The third kappa shape index (κ3) is 11.3. The molecule has 0 aromatic rings. The number of hydrogen-bond acceptors (Lipinski definition) is 22. The van der Waals surface area contributed by atoms with Crippen molar-refractivity contribution in [2.45, 2.75) is 225 Å². The summed E-state index contributed by atoms with van der Waals surface area (Å²) in [5.41, 5.74) is -3.43. The second-order valence-electron chi connectivity index (χ2n) is 25.9. The Morgan fingerprint density at radius 1 is 0.728 bits per heavy atom. The summed E-state index contributed by atoms with van der Waals surface area (Å²) in [5.74, 6) is -3.83. The van der Waals surface area contributed by atoms with Crippen LogP contribution in [-0.4, -0.2) is 217 Å². The lowest BCUT2D eigenvalue weighted by Crippen LogP contribution is -2.72. The Morgan fingerprint density at radius 2 is 1.30 bits per heavy atom. The van der Waals surface area contributed by atoms with E-state index in [1.807, 2.05) is 20.8 Å². The highest BCUT2D eigenvalue weighted by Crippen LogP contribution is 2.76. The summed E-state index contributed by atoms with van der Waals surface area (Å²) in [6.45, 7) is 17.2. The van der Waals surface area contributed by atoms with E-state index in [0.29, 0.717) is 43.3 Å². The minimum absolute atomic E-state index is 0.0682. The van der Waals surface area contributed by atoms with E-state index in [1.165, 1.54) is 6.92 Å². The fourth-order valence-electron chi connectivity index (χ4n) is 15.7. The van der Waals surface area contributed by atoms with Gasteiger partial charge in [0, 0.05) is 22.0 Å². The lowest BCUT2D eigenvalue weighted by molar-refractivity contribution is -0.345. The second-order valence-corrected chi connectivity index (χ2v) is 25.9. The lowest BCUT2D eigenvalue weighted by atomic mass is 9.33. The molecular formula is C58H92O23. The molecule has 7 unspecified atom stereocenters. The number of carboxylic acids is 1. The number of carbonyl (C=O) groups is 3. The van der Waals surface area contributed by atoms with Gasteiger partial charge in [0.2, 0.25) is 0 Å². The van der Waals surface area contributed by atoms with Crippen molar-refractivity contribution in [2.24, 2.45) is 50.2 Å². The van der Waals surface area contributed by atoms with Gasteiger partial charge in [0.25, 0.3) is 0 Å². The zero-order valence-corrected chi connectivity index (χ0v) is 48.6. The van der Waals surface area contributed by atoms with Crippen molar-refractivity contribution in [3.63, 3.8) is 0 Å². The molecule has 4 saturated carbocycles. The Labute approximate surface area is 473 Å². The van der Waals surface area contributed by atoms with Gasteiger partial charge in [0.1, 0.15) is 61.0 Å². The van der Waals surface area contributed by atoms with Gasteiger partial charge in [-0.1, -0.05) is 65.3 Å². The van der Waals surface area contributed by atoms with Crippen LogP contribution in [0, 0.1) is 50.2 Å². The molecule has 0 amide bonds. The molecule has 0 bridgehead atoms. The Morgan fingerprint density at radius 3 is 1.85 bits per heavy atom. The molecular weight excluding hydrogens is 1060 g/mol. The fourth-order valence-corrected chi connectivity index (χ4v) is 15.7. The van der Waals surface area contributed by atoms with Crippen molar-refractivity contribution < 1.29 is 114 Å². The molecule has 12 N–H and O–H groups in total. The number of esters is 2. The molecule has 0 radical (unpaired) electrons. The van der Waals surface area contributed by atoms with Crippen LogP contribution in [0.2, 0.25) is 0 Å². The highest BCUT2D eigenvalue weighted by atomic mass is 16.8. The normalized spacial score (nSPS) is 44.7. The molecule has 0 aromatic carbocycles. The predicted molar refractivity (Wildman–Crippen MR) is 284 cm³/mol. The molecule has 23 heteroatoms. The zero-order chi connectivity index (χ0) is 60.3. The van der Waals surface area contributed by atoms with Crippen LogP contribution in [0.5, 0.6) is 0 Å². The monoisotopic (exact) mass is 1160 g/mol. The summed E-state index contributed by atoms with van der Waals surface area (Å²) >= 11 is 0. The van der Waals surface area contributed by atoms with Crippen LogP contribution in [0.25, 0.3) is 0 Å². The molecule has 7 aliphatic rings. The maximum absolute atomic E-state index is 13.8. The highest BCUT2D eigenvalue weighted by Gasteiger charge is 2.74. The van der Waals surface area contributed by atoms with E-state index in [0.717, 1.165) is 5.57 Å². The number of carbonyl (C=O) groups excluding carboxylic acids is 2. The van der Waals surface area contributed by atoms with Crippen LogP contribution in [0.1, 0.15) is 121 Å². The van der Waals surface area contributed by atoms with Crippen LogP contribution >= 0.6 is 0 Å². The fraction of sp³-hybridized carbons (Fsp3) is 0.845. The summed E-state index contributed by atoms with van der Waals surface area (Å²) in [5, 5.41) is 131. The van der Waals surface area contributed by atoms with Gasteiger partial charge in [-0.3, -0.25) is 0 Å². The first-order chi connectivity index (χ1) is 37.9. The maximum Gasteiger partial charge on any atom is 0.335 e. The van der Waals surface area contributed by atoms with Crippen molar-refractivity contribution in [3.8, 4) is 0 Å². The van der Waals surface area contributed by atoms with Gasteiger partial charge in [-0.25, -0.2) is 14.4 Å². The SMILES string of the molecule is C/C=C(/C)C(=O)O[C@H]1[C@H](OC(=O)/C(C)=C\C)[C@@]2(CO)C(CC1(C)C)C1=CCC3[C@@]4(C)CC[C@H](O[C@H](OC(C(=O)O)[C@@H](O)CO[C@@H]5O[C@@H](CO)C(O)[C@@H]5O)[C@H](C)O[C@@H]5OC(CO)[C@@H](O)C(O)[C@@H]5O)[C@](C)(CO)C4CC[C@@]3(C)[C@]1(C)C[C@H]2O. The summed E-state index contributed by atoms with van der Waals surface area (Å²) in [6, 6.07) is 0. The zero-order valence-electron chi connectivity index (χ0n) is 48.6. The number of ether oxygens (including phenoxy) is 8. The van der Waals surface area contributed by atoms with Crippen LogP contribution in [0.4, 0.5) is 0 Å². The molecule has 2 heterocycles. The van der Waals surface area contributed by atoms with E-state index in [9.17, 15) is 75.7 Å². The number of fused-ring (bicyclic) bond motifs is 7. The number of aliphatic hydroxyl groups is 11. The van der Waals surface area contributed by atoms with Crippen LogP contribution in [-0.2, 0) is 52.3 Å². The van der Waals surface area contributed by atoms with Gasteiger partial charge in [0.05, 0.1) is 50.7 Å². The van der Waals surface area contributed by atoms with Gasteiger partial charge in [-0.15, -0.1) is 0 Å². The van der Waals surface area contributed by atoms with Gasteiger partial charge in [-0.05, 0) is 114 Å². The molecule has 2 saturated heterocycles. The van der Waals surface area contributed by atoms with Gasteiger partial charge >= 0.3 is 17.9 Å². The van der Waals surface area contributed by atoms with Crippen molar-refractivity contribution >= 4 is 17.9 Å². The van der Waals surface area contributed by atoms with Crippen molar-refractivity contribution in [2.75, 3.05) is 33.0 Å². The number of aliphatic carboxylic acids is 1. The molecule has 81 heavy (non-hydrogen) atoms. The number of hydrogen-bond donors (Lipinski definition) is 12. The van der Waals surface area contributed by atoms with Crippen LogP contribution in [0.15, 0.2) is 34.9 Å². The van der Waals surface area contributed by atoms with Crippen molar-refractivity contribution in [1.82, 2.24) is 0 Å². The molecule has 462 valence electrons. The van der Waals surface area contributed by atoms with Crippen LogP contribution in [0.3, 0.4) is 0 Å². The Bertz CT molecular complexity index is 2340. The van der Waals surface area contributed by atoms with Crippen LogP contribution < -0.4 is 0 Å².